The van der Waals surface area contributed by atoms with Crippen LogP contribution in [-0.2, 0) is 16.0 Å². The third kappa shape index (κ3) is 3.46. The predicted octanol–water partition coefficient (Wildman–Crippen LogP) is 2.58. The zero-order chi connectivity index (χ0) is 15.4. The lowest BCUT2D eigenvalue weighted by molar-refractivity contribution is -0.152. The predicted molar refractivity (Wildman–Crippen MR) is 85.2 cm³/mol. The van der Waals surface area contributed by atoms with Gasteiger partial charge in [0, 0.05) is 6.04 Å². The van der Waals surface area contributed by atoms with Gasteiger partial charge in [-0.1, -0.05) is 20.3 Å². The van der Waals surface area contributed by atoms with Crippen molar-refractivity contribution in [3.8, 4) is 0 Å². The van der Waals surface area contributed by atoms with Gasteiger partial charge in [-0.05, 0) is 48.6 Å². The number of amides is 2. The molecule has 1 aromatic rings. The highest BCUT2D eigenvalue weighted by molar-refractivity contribution is 7.07. The molecule has 3 unspecified atom stereocenters. The molecular weight excluding hydrogens is 284 g/mol. The summed E-state index contributed by atoms with van der Waals surface area (Å²) in [7, 11) is 0. The molecule has 116 valence electrons. The maximum Gasteiger partial charge on any atom is 0.246 e. The van der Waals surface area contributed by atoms with Gasteiger partial charge >= 0.3 is 0 Å². The molecule has 1 fully saturated rings. The lowest BCUT2D eigenvalue weighted by Gasteiger charge is -2.42. The van der Waals surface area contributed by atoms with Crippen LogP contribution in [0.1, 0.15) is 45.6 Å². The molecule has 1 aromatic heterocycles. The lowest BCUT2D eigenvalue weighted by Crippen LogP contribution is -2.65. The van der Waals surface area contributed by atoms with E-state index in [-0.39, 0.29) is 29.9 Å². The van der Waals surface area contributed by atoms with Crippen molar-refractivity contribution >= 4 is 23.2 Å². The van der Waals surface area contributed by atoms with Gasteiger partial charge in [-0.3, -0.25) is 9.59 Å². The van der Waals surface area contributed by atoms with E-state index in [9.17, 15) is 9.59 Å². The molecule has 0 saturated carbocycles. The minimum atomic E-state index is -0.352. The molecular formula is C16H24N2O2S. The fourth-order valence-electron chi connectivity index (χ4n) is 3.03. The minimum Gasteiger partial charge on any atom is -0.343 e. The Kier molecular flexibility index (Phi) is 5.39. The van der Waals surface area contributed by atoms with Gasteiger partial charge in [0.2, 0.25) is 11.8 Å². The van der Waals surface area contributed by atoms with Gasteiger partial charge in [-0.15, -0.1) is 0 Å². The van der Waals surface area contributed by atoms with Gasteiger partial charge in [0.25, 0.3) is 0 Å². The summed E-state index contributed by atoms with van der Waals surface area (Å²) in [5.74, 6) is 0.0683. The van der Waals surface area contributed by atoms with E-state index in [2.05, 4.69) is 16.8 Å². The van der Waals surface area contributed by atoms with E-state index >= 15 is 0 Å². The summed E-state index contributed by atoms with van der Waals surface area (Å²) in [6.45, 7) is 6.03. The van der Waals surface area contributed by atoms with Crippen LogP contribution >= 0.6 is 11.3 Å². The molecule has 1 saturated heterocycles. The number of thiophene rings is 1. The summed E-state index contributed by atoms with van der Waals surface area (Å²) >= 11 is 1.66. The molecule has 5 heteroatoms. The Labute approximate surface area is 130 Å². The quantitative estimate of drug-likeness (QED) is 0.878. The SMILES string of the molecule is CCCC1NC(=O)C(CC)N(C(C)Cc2ccsc2)C1=O. The molecule has 2 amide bonds. The number of nitrogens with one attached hydrogen (secondary N) is 1. The van der Waals surface area contributed by atoms with Crippen LogP contribution < -0.4 is 5.32 Å². The van der Waals surface area contributed by atoms with Crippen molar-refractivity contribution in [3.63, 3.8) is 0 Å². The normalized spacial score (nSPS) is 24.0. The molecule has 2 rings (SSSR count). The molecule has 21 heavy (non-hydrogen) atoms. The van der Waals surface area contributed by atoms with Gasteiger partial charge in [0.15, 0.2) is 0 Å². The van der Waals surface area contributed by atoms with E-state index in [1.807, 2.05) is 31.1 Å². The first kappa shape index (κ1) is 16.0. The van der Waals surface area contributed by atoms with Crippen molar-refractivity contribution in [1.82, 2.24) is 10.2 Å². The second-order valence-corrected chi connectivity index (χ2v) is 6.48. The smallest absolute Gasteiger partial charge is 0.246 e. The number of hydrogen-bond acceptors (Lipinski definition) is 3. The number of rotatable bonds is 6. The highest BCUT2D eigenvalue weighted by atomic mass is 32.1. The standard InChI is InChI=1S/C16H24N2O2S/c1-4-6-13-16(20)18(14(5-2)15(19)17-13)11(3)9-12-7-8-21-10-12/h7-8,10-11,13-14H,4-6,9H2,1-3H3,(H,17,19). The number of nitrogens with zero attached hydrogens (tertiary/aromatic N) is 1. The Morgan fingerprint density at radius 1 is 1.38 bits per heavy atom. The van der Waals surface area contributed by atoms with Gasteiger partial charge < -0.3 is 10.2 Å². The fourth-order valence-corrected chi connectivity index (χ4v) is 3.71. The Hall–Kier alpha value is -1.36. The minimum absolute atomic E-state index is 0.00674. The van der Waals surface area contributed by atoms with E-state index in [1.54, 1.807) is 11.3 Å². The zero-order valence-corrected chi connectivity index (χ0v) is 13.8. The molecule has 0 spiro atoms. The Balaban J connectivity index is 2.18. The van der Waals surface area contributed by atoms with E-state index in [0.717, 1.165) is 12.8 Å². The topological polar surface area (TPSA) is 49.4 Å². The zero-order valence-electron chi connectivity index (χ0n) is 13.0. The van der Waals surface area contributed by atoms with Crippen LogP contribution in [0, 0.1) is 0 Å². The number of carbonyl (C=O) groups excluding carboxylic acids is 2. The Morgan fingerprint density at radius 2 is 2.14 bits per heavy atom. The summed E-state index contributed by atoms with van der Waals surface area (Å²) < 4.78 is 0. The van der Waals surface area contributed by atoms with Gasteiger partial charge in [0.1, 0.15) is 12.1 Å². The van der Waals surface area contributed by atoms with Gasteiger partial charge in [-0.25, -0.2) is 0 Å². The largest absolute Gasteiger partial charge is 0.343 e. The summed E-state index contributed by atoms with van der Waals surface area (Å²) in [5, 5.41) is 7.04. The van der Waals surface area contributed by atoms with Crippen molar-refractivity contribution in [1.29, 1.82) is 0 Å². The first-order valence-corrected chi connectivity index (χ1v) is 8.66. The summed E-state index contributed by atoms with van der Waals surface area (Å²) in [6.07, 6.45) is 3.06. The van der Waals surface area contributed by atoms with Crippen LogP contribution in [0.5, 0.6) is 0 Å². The highest BCUT2D eigenvalue weighted by Gasteiger charge is 2.41. The van der Waals surface area contributed by atoms with Crippen LogP contribution in [0.15, 0.2) is 16.8 Å². The van der Waals surface area contributed by atoms with Crippen LogP contribution in [0.25, 0.3) is 0 Å². The highest BCUT2D eigenvalue weighted by Crippen LogP contribution is 2.21. The Bertz CT molecular complexity index is 486. The van der Waals surface area contributed by atoms with E-state index in [0.29, 0.717) is 12.8 Å². The maximum absolute atomic E-state index is 12.7. The van der Waals surface area contributed by atoms with Crippen LogP contribution in [0.2, 0.25) is 0 Å². The molecule has 0 bridgehead atoms. The first-order valence-electron chi connectivity index (χ1n) is 7.72. The number of hydrogen-bond donors (Lipinski definition) is 1. The maximum atomic E-state index is 12.7. The number of carbonyl (C=O) groups is 2. The summed E-state index contributed by atoms with van der Waals surface area (Å²) in [5.41, 5.74) is 1.23. The second-order valence-electron chi connectivity index (χ2n) is 5.70. The van der Waals surface area contributed by atoms with Gasteiger partial charge in [-0.2, -0.15) is 11.3 Å². The van der Waals surface area contributed by atoms with Crippen molar-refractivity contribution < 1.29 is 9.59 Å². The molecule has 0 aliphatic carbocycles. The molecule has 1 aliphatic heterocycles. The fraction of sp³-hybridized carbons (Fsp3) is 0.625. The van der Waals surface area contributed by atoms with Crippen molar-refractivity contribution in [2.75, 3.05) is 0 Å². The molecule has 0 radical (unpaired) electrons. The van der Waals surface area contributed by atoms with Crippen molar-refractivity contribution in [2.24, 2.45) is 0 Å². The summed E-state index contributed by atoms with van der Waals surface area (Å²) in [6, 6.07) is 1.44. The monoisotopic (exact) mass is 308 g/mol. The average Bonchev–Trinajstić information content (AvgIpc) is 2.95. The van der Waals surface area contributed by atoms with E-state index < -0.39 is 0 Å². The third-order valence-electron chi connectivity index (χ3n) is 4.06. The van der Waals surface area contributed by atoms with Crippen molar-refractivity contribution in [3.05, 3.63) is 22.4 Å². The summed E-state index contributed by atoms with van der Waals surface area (Å²) in [4.78, 5) is 26.8. The molecule has 2 heterocycles. The molecule has 3 atom stereocenters. The molecule has 4 nitrogen and oxygen atoms in total. The van der Waals surface area contributed by atoms with Crippen LogP contribution in [0.4, 0.5) is 0 Å². The van der Waals surface area contributed by atoms with Gasteiger partial charge in [0.05, 0.1) is 0 Å². The number of piperazine rings is 1. The van der Waals surface area contributed by atoms with Crippen LogP contribution in [-0.4, -0.2) is 34.8 Å². The molecule has 0 aromatic carbocycles. The Morgan fingerprint density at radius 3 is 2.71 bits per heavy atom. The molecule has 1 aliphatic rings. The second kappa shape index (κ2) is 7.07. The van der Waals surface area contributed by atoms with E-state index in [4.69, 9.17) is 0 Å². The first-order chi connectivity index (χ1) is 10.1. The van der Waals surface area contributed by atoms with E-state index in [1.165, 1.54) is 5.56 Å². The third-order valence-corrected chi connectivity index (χ3v) is 4.79. The van der Waals surface area contributed by atoms with Crippen LogP contribution in [0.3, 0.4) is 0 Å². The average molecular weight is 308 g/mol. The lowest BCUT2D eigenvalue weighted by atomic mass is 9.98. The van der Waals surface area contributed by atoms with Crippen molar-refractivity contribution in [2.45, 2.75) is 64.6 Å². The molecule has 1 N–H and O–H groups in total.